The molecule has 24 rings (SSSR count). The van der Waals surface area contributed by atoms with Gasteiger partial charge in [-0.1, -0.05) is 303 Å². The molecule has 0 bridgehead atoms. The summed E-state index contributed by atoms with van der Waals surface area (Å²) in [5.41, 5.74) is 5.11. The Morgan fingerprint density at radius 3 is 0.693 bits per heavy atom. The highest BCUT2D eigenvalue weighted by molar-refractivity contribution is 7.86. The van der Waals surface area contributed by atoms with Crippen LogP contribution in [0.15, 0.2) is 417 Å². The Hall–Kier alpha value is -13.8. The summed E-state index contributed by atoms with van der Waals surface area (Å²) < 4.78 is 163. The van der Waals surface area contributed by atoms with Gasteiger partial charge in [-0.25, -0.2) is 0 Å². The van der Waals surface area contributed by atoms with E-state index in [-0.39, 0.29) is 11.5 Å². The number of benzene rings is 18. The molecule has 0 amide bonds. The van der Waals surface area contributed by atoms with Crippen LogP contribution in [0.2, 0.25) is 0 Å². The van der Waals surface area contributed by atoms with E-state index in [4.69, 9.17) is 90.9 Å². The molecule has 0 N–H and O–H groups in total. The molecule has 2 aromatic heterocycles. The quantitative estimate of drug-likeness (QED) is 0.0458. The average molecular weight is 1970 g/mol. The van der Waals surface area contributed by atoms with Gasteiger partial charge in [0.15, 0.2) is 39.4 Å². The molecule has 0 atom stereocenters. The van der Waals surface area contributed by atoms with Gasteiger partial charge in [0.1, 0.15) is 68.3 Å². The molecule has 140 heavy (non-hydrogen) atoms. The maximum Gasteiger partial charge on any atom is 0.530 e. The lowest BCUT2D eigenvalue weighted by atomic mass is 9.99. The molecule has 0 radical (unpaired) electrons. The van der Waals surface area contributed by atoms with Crippen molar-refractivity contribution in [3.8, 4) is 46.0 Å². The Bertz CT molecular complexity index is 7420. The number of hydrogen-bond donors (Lipinski definition) is 0. The predicted octanol–water partition coefficient (Wildman–Crippen LogP) is 27.9. The monoisotopic (exact) mass is 1970 g/mol. The van der Waals surface area contributed by atoms with Crippen molar-refractivity contribution in [2.75, 3.05) is 52.9 Å². The summed E-state index contributed by atoms with van der Waals surface area (Å²) in [6.07, 6.45) is -2.66. The molecule has 18 aromatic carbocycles. The highest BCUT2D eigenvalue weighted by atomic mass is 31.2. The van der Waals surface area contributed by atoms with Crippen LogP contribution in [0.5, 0.6) is 46.0 Å². The second-order valence-electron chi connectivity index (χ2n) is 32.8. The van der Waals surface area contributed by atoms with Crippen LogP contribution >= 0.6 is 48.0 Å². The van der Waals surface area contributed by atoms with E-state index in [1.165, 1.54) is 0 Å². The van der Waals surface area contributed by atoms with E-state index in [9.17, 15) is 0 Å². The maximum absolute atomic E-state index is 16.9. The number of ether oxygens (including phenoxy) is 8. The molecule has 4 saturated heterocycles. The van der Waals surface area contributed by atoms with Gasteiger partial charge in [-0.2, -0.15) is 0 Å². The fourth-order valence-electron chi connectivity index (χ4n) is 18.0. The molecule has 4 aliphatic rings. The van der Waals surface area contributed by atoms with Gasteiger partial charge in [-0.05, 0) is 140 Å². The number of hydrogen-bond acceptors (Lipinski definition) is 22. The van der Waals surface area contributed by atoms with E-state index in [0.717, 1.165) is 64.6 Å². The lowest BCUT2D eigenvalue weighted by Crippen LogP contribution is -2.27. The zero-order chi connectivity index (χ0) is 93.7. The molecule has 696 valence electrons. The van der Waals surface area contributed by atoms with Crippen LogP contribution < -0.4 is 68.0 Å². The van der Waals surface area contributed by atoms with Crippen LogP contribution in [0.4, 0.5) is 0 Å². The Morgan fingerprint density at radius 2 is 0.421 bits per heavy atom. The van der Waals surface area contributed by atoms with Crippen molar-refractivity contribution in [2.45, 2.75) is 25.2 Å². The van der Waals surface area contributed by atoms with Crippen molar-refractivity contribution in [3.05, 3.63) is 423 Å². The zero-order valence-corrected chi connectivity index (χ0v) is 80.1. The summed E-state index contributed by atoms with van der Waals surface area (Å²) in [5, 5.41) is 14.8. The van der Waals surface area contributed by atoms with Crippen LogP contribution in [-0.2, 0) is 47.0 Å². The topological polar surface area (TPSA) is 234 Å². The van der Waals surface area contributed by atoms with Gasteiger partial charge >= 0.3 is 33.7 Å². The first-order chi connectivity index (χ1) is 69.2. The lowest BCUT2D eigenvalue weighted by Gasteiger charge is -2.27. The first-order valence-corrected chi connectivity index (χ1v) is 53.4. The smallest absolute Gasteiger partial charge is 0.408 e. The van der Waals surface area contributed by atoms with Gasteiger partial charge in [0, 0.05) is 32.2 Å². The first-order valence-electron chi connectivity index (χ1n) is 45.6. The van der Waals surface area contributed by atoms with Gasteiger partial charge in [0.05, 0.1) is 96.3 Å². The Morgan fingerprint density at radius 1 is 0.214 bits per heavy atom. The second kappa shape index (κ2) is 40.6. The fourth-order valence-corrected chi connectivity index (χ4v) is 28.3. The normalized spacial score (nSPS) is 14.5. The van der Waals surface area contributed by atoms with E-state index >= 15 is 9.13 Å². The molecule has 0 saturated carbocycles. The van der Waals surface area contributed by atoms with E-state index < -0.39 is 73.1 Å². The molecule has 20 aromatic rings. The van der Waals surface area contributed by atoms with Crippen LogP contribution in [0.25, 0.3) is 87.0 Å². The Labute approximate surface area is 808 Å². The molecule has 4 aliphatic heterocycles. The third-order valence-electron chi connectivity index (χ3n) is 24.4. The summed E-state index contributed by atoms with van der Waals surface area (Å²) in [6.45, 7) is 3.43. The molecule has 6 heterocycles. The predicted molar refractivity (Wildman–Crippen MR) is 548 cm³/mol. The summed E-state index contributed by atoms with van der Waals surface area (Å²) in [7, 11) is -17.0. The largest absolute Gasteiger partial charge is 0.530 e. The molecular weight excluding hydrogens is 1880 g/mol. The minimum atomic E-state index is -4.01. The molecular formula is C112H86O22P6. The number of rotatable bonds is 26. The fraction of sp³-hybridized carbons (Fsp3) is 0.107. The van der Waals surface area contributed by atoms with Crippen molar-refractivity contribution in [2.24, 2.45) is 0 Å². The van der Waals surface area contributed by atoms with E-state index in [1.54, 1.807) is 60.7 Å². The minimum absolute atomic E-state index is 0.230. The third kappa shape index (κ3) is 18.2. The van der Waals surface area contributed by atoms with Crippen molar-refractivity contribution in [1.82, 2.24) is 0 Å². The molecule has 0 unspecified atom stereocenters. The van der Waals surface area contributed by atoms with Crippen molar-refractivity contribution in [1.29, 1.82) is 0 Å². The zero-order valence-electron chi connectivity index (χ0n) is 74.7. The number of para-hydroxylation sites is 8. The summed E-state index contributed by atoms with van der Waals surface area (Å²) in [5.74, 6) is 2.81. The molecule has 28 heteroatoms. The summed E-state index contributed by atoms with van der Waals surface area (Å²) >= 11 is 0. The van der Waals surface area contributed by atoms with Gasteiger partial charge in [-0.3, -0.25) is 0 Å². The number of fused-ring (bicyclic) bond motifs is 14. The molecule has 0 aliphatic carbocycles. The van der Waals surface area contributed by atoms with Gasteiger partial charge in [-0.15, -0.1) is 0 Å². The third-order valence-corrected chi connectivity index (χ3v) is 34.8. The molecule has 0 spiro atoms. The van der Waals surface area contributed by atoms with Crippen molar-refractivity contribution >= 4 is 167 Å². The van der Waals surface area contributed by atoms with Crippen molar-refractivity contribution in [3.63, 3.8) is 0 Å². The van der Waals surface area contributed by atoms with Crippen LogP contribution in [-0.4, -0.2) is 52.9 Å². The molecule has 4 fully saturated rings. The Balaban J connectivity index is 0.000000156. The van der Waals surface area contributed by atoms with Crippen molar-refractivity contribution < 1.29 is 100 Å². The summed E-state index contributed by atoms with van der Waals surface area (Å²) in [6, 6.07) is 127. The SMILES string of the molecule is O=P(c1ccccc1)(c1ccccc1OP(Oc1ccccc1C1OCCO1)Oc1ccccc1C1OCCO1)c1ccccc1OP(Oc1ccccc1C1OCCO1)Oc1ccccc1C1OCCO1.O=P(c1ccccc1)(c1ccccc1Op1oc2ccc3ccccc3c2c2c(ccc3ccccc32)o1)c1ccccc1Op1oc2ccc3ccccc3c2c2c(ccc3ccccc32)o1. The van der Waals surface area contributed by atoms with Crippen LogP contribution in [0.3, 0.4) is 0 Å². The highest BCUT2D eigenvalue weighted by Gasteiger charge is 2.42. The van der Waals surface area contributed by atoms with Gasteiger partial charge < -0.3 is 100 Å². The Kier molecular flexibility index (Phi) is 26.1. The van der Waals surface area contributed by atoms with Gasteiger partial charge in [0.25, 0.3) is 0 Å². The maximum atomic E-state index is 16.9. The summed E-state index contributed by atoms with van der Waals surface area (Å²) in [4.78, 5) is 0. The highest BCUT2D eigenvalue weighted by Crippen LogP contribution is 2.57. The van der Waals surface area contributed by atoms with Gasteiger partial charge in [0.2, 0.25) is 0 Å². The van der Waals surface area contributed by atoms with Crippen LogP contribution in [0.1, 0.15) is 47.4 Å². The van der Waals surface area contributed by atoms with E-state index in [1.807, 2.05) is 267 Å². The first kappa shape index (κ1) is 90.1. The second-order valence-corrected chi connectivity index (χ2v) is 42.2. The lowest BCUT2D eigenvalue weighted by molar-refractivity contribution is -0.0456. The van der Waals surface area contributed by atoms with E-state index in [2.05, 4.69) is 72.8 Å². The van der Waals surface area contributed by atoms with Crippen LogP contribution in [0, 0.1) is 0 Å². The molecule has 22 nitrogen and oxygen atoms in total. The standard InChI is InChI=1S/C58H37O7P3.C54H49O15P3/c59-68(42-20-2-1-3-21-42,53-28-14-12-26-47(53)60-66-62-49-34-30-38-16-4-8-22-43(38)55(49)56-44-23-9-5-17-39(44)31-35-50(56)63-66)54-29-15-13-27-48(54)61-67-64-51-36-32-40-18-6-10-24-45(40)57(51)58-46-25-11-7-19-41(46)33-37-52(58)65-67;55-72(38-16-2-1-3-17-38,49-28-14-12-26-47(49)68-70(64-43-22-8-4-18-39(43)51-56-30-31-57-51)65-44-23-9-5-19-40(44)52-58-32-33-59-52)50-29-15-13-27-48(50)69-71(66-45-24-10-6-20-41(45)53-60-34-35-61-53)67-46-25-11-7-21-42(46)54-62-36-37-63-54/h1-37H;1-29,51-54H,30-37H2. The minimum Gasteiger partial charge on any atom is -0.408 e. The average Bonchev–Trinajstić information content (AvgIpc) is 1.33. The van der Waals surface area contributed by atoms with E-state index in [0.29, 0.717) is 164 Å².